The zero-order valence-corrected chi connectivity index (χ0v) is 17.9. The second kappa shape index (κ2) is 9.25. The fraction of sp³-hybridized carbons (Fsp3) is 0.0476. The Morgan fingerprint density at radius 1 is 0.967 bits per heavy atom. The van der Waals surface area contributed by atoms with Crippen LogP contribution in [0.5, 0.6) is 0 Å². The van der Waals surface area contributed by atoms with Gasteiger partial charge in [0, 0.05) is 23.1 Å². The average Bonchev–Trinajstić information content (AvgIpc) is 3.19. The van der Waals surface area contributed by atoms with E-state index in [0.717, 1.165) is 21.2 Å². The first-order valence-corrected chi connectivity index (χ1v) is 11.1. The number of aromatic nitrogens is 2. The summed E-state index contributed by atoms with van der Waals surface area (Å²) in [5, 5.41) is 0.202. The van der Waals surface area contributed by atoms with Gasteiger partial charge in [-0.1, -0.05) is 47.6 Å². The molecule has 4 aromatic rings. The zero-order valence-electron chi connectivity index (χ0n) is 15.5. The number of amides is 2. The Balaban J connectivity index is 1.31. The van der Waals surface area contributed by atoms with Gasteiger partial charge in [0.1, 0.15) is 5.15 Å². The number of benzene rings is 2. The summed E-state index contributed by atoms with van der Waals surface area (Å²) in [4.78, 5) is 32.7. The van der Waals surface area contributed by atoms with Crippen molar-refractivity contribution in [2.45, 2.75) is 10.1 Å². The van der Waals surface area contributed by atoms with Crippen LogP contribution in [0.3, 0.4) is 0 Å². The number of thioether (sulfide) groups is 1. The van der Waals surface area contributed by atoms with Crippen LogP contribution in [0, 0.1) is 0 Å². The van der Waals surface area contributed by atoms with Crippen molar-refractivity contribution >= 4 is 56.7 Å². The fourth-order valence-corrected chi connectivity index (χ4v) is 4.81. The van der Waals surface area contributed by atoms with Gasteiger partial charge in [0.25, 0.3) is 11.8 Å². The minimum Gasteiger partial charge on any atom is -0.267 e. The third-order valence-electron chi connectivity index (χ3n) is 4.13. The van der Waals surface area contributed by atoms with E-state index in [2.05, 4.69) is 26.9 Å². The van der Waals surface area contributed by atoms with Crippen molar-refractivity contribution in [1.82, 2.24) is 20.8 Å². The summed E-state index contributed by atoms with van der Waals surface area (Å²) in [5.74, 6) is -0.133. The van der Waals surface area contributed by atoms with E-state index in [-0.39, 0.29) is 5.15 Å². The quantitative estimate of drug-likeness (QED) is 0.259. The molecule has 4 rings (SSSR count). The Labute approximate surface area is 185 Å². The van der Waals surface area contributed by atoms with E-state index in [1.54, 1.807) is 35.2 Å². The second-order valence-electron chi connectivity index (χ2n) is 6.21. The highest BCUT2D eigenvalue weighted by molar-refractivity contribution is 8.00. The molecule has 9 heteroatoms. The number of hydrogen-bond acceptors (Lipinski definition) is 6. The first-order chi connectivity index (χ1) is 14.6. The standard InChI is InChI=1S/C21H15ClN4O2S2/c22-18-11-15(9-10-23-18)20(28)26-25-19(27)14-7-5-13(6-8-14)12-29-21-24-16-3-1-2-4-17(16)30-21/h1-11H,12H2,(H,25,27)(H,26,28). The number of rotatable bonds is 5. The molecule has 0 aliphatic rings. The van der Waals surface area contributed by atoms with Crippen LogP contribution in [-0.4, -0.2) is 21.8 Å². The normalized spacial score (nSPS) is 10.7. The summed E-state index contributed by atoms with van der Waals surface area (Å²) in [6.07, 6.45) is 1.42. The second-order valence-corrected chi connectivity index (χ2v) is 8.85. The highest BCUT2D eigenvalue weighted by atomic mass is 35.5. The number of halogens is 1. The number of carbonyl (C=O) groups is 2. The van der Waals surface area contributed by atoms with Crippen molar-refractivity contribution in [3.63, 3.8) is 0 Å². The molecule has 2 heterocycles. The highest BCUT2D eigenvalue weighted by Gasteiger charge is 2.10. The predicted octanol–water partition coefficient (Wildman–Crippen LogP) is 4.71. The Bertz CT molecular complexity index is 1180. The monoisotopic (exact) mass is 454 g/mol. The molecule has 2 aromatic heterocycles. The largest absolute Gasteiger partial charge is 0.269 e. The number of carbonyl (C=O) groups excluding carboxylic acids is 2. The lowest BCUT2D eigenvalue weighted by Gasteiger charge is -2.08. The number of hydrazine groups is 1. The number of para-hydroxylation sites is 1. The number of nitrogens with zero attached hydrogens (tertiary/aromatic N) is 2. The average molecular weight is 455 g/mol. The topological polar surface area (TPSA) is 84.0 Å². The molecule has 30 heavy (non-hydrogen) atoms. The van der Waals surface area contributed by atoms with Gasteiger partial charge >= 0.3 is 0 Å². The third-order valence-corrected chi connectivity index (χ3v) is 6.59. The van der Waals surface area contributed by atoms with Crippen molar-refractivity contribution in [2.24, 2.45) is 0 Å². The van der Waals surface area contributed by atoms with Gasteiger partial charge < -0.3 is 0 Å². The van der Waals surface area contributed by atoms with E-state index in [0.29, 0.717) is 11.1 Å². The molecule has 0 spiro atoms. The Hall–Kier alpha value is -2.94. The van der Waals surface area contributed by atoms with Gasteiger partial charge in [0.15, 0.2) is 4.34 Å². The van der Waals surface area contributed by atoms with E-state index < -0.39 is 11.8 Å². The number of nitrogens with one attached hydrogen (secondary N) is 2. The van der Waals surface area contributed by atoms with E-state index in [4.69, 9.17) is 11.6 Å². The lowest BCUT2D eigenvalue weighted by molar-refractivity contribution is 0.0846. The van der Waals surface area contributed by atoms with Gasteiger partial charge in [-0.05, 0) is 42.0 Å². The number of thiazole rings is 1. The molecule has 0 aliphatic heterocycles. The molecule has 0 aliphatic carbocycles. The number of hydrogen-bond donors (Lipinski definition) is 2. The summed E-state index contributed by atoms with van der Waals surface area (Å²) in [7, 11) is 0. The van der Waals surface area contributed by atoms with Gasteiger partial charge in [-0.25, -0.2) is 9.97 Å². The molecule has 0 saturated carbocycles. The van der Waals surface area contributed by atoms with E-state index in [1.807, 2.05) is 30.3 Å². The summed E-state index contributed by atoms with van der Waals surface area (Å²) < 4.78 is 2.18. The van der Waals surface area contributed by atoms with Gasteiger partial charge in [0.2, 0.25) is 0 Å². The molecule has 0 atom stereocenters. The van der Waals surface area contributed by atoms with Gasteiger partial charge in [-0.2, -0.15) is 0 Å². The Morgan fingerprint density at radius 3 is 2.43 bits per heavy atom. The third kappa shape index (κ3) is 4.96. The number of pyridine rings is 1. The van der Waals surface area contributed by atoms with Crippen molar-refractivity contribution in [2.75, 3.05) is 0 Å². The van der Waals surface area contributed by atoms with Gasteiger partial charge in [-0.3, -0.25) is 20.4 Å². The first kappa shape index (κ1) is 20.3. The maximum atomic E-state index is 12.3. The summed E-state index contributed by atoms with van der Waals surface area (Å²) in [5.41, 5.74) is 7.58. The van der Waals surface area contributed by atoms with E-state index >= 15 is 0 Å². The SMILES string of the molecule is O=C(NNC(=O)c1ccnc(Cl)c1)c1ccc(CSc2nc3ccccc3s2)cc1. The molecule has 2 amide bonds. The molecule has 0 radical (unpaired) electrons. The first-order valence-electron chi connectivity index (χ1n) is 8.88. The van der Waals surface area contributed by atoms with Gasteiger partial charge in [-0.15, -0.1) is 11.3 Å². The molecule has 0 unspecified atom stereocenters. The van der Waals surface area contributed by atoms with Crippen LogP contribution in [0.25, 0.3) is 10.2 Å². The fourth-order valence-electron chi connectivity index (χ4n) is 2.61. The lowest BCUT2D eigenvalue weighted by atomic mass is 10.1. The lowest BCUT2D eigenvalue weighted by Crippen LogP contribution is -2.41. The van der Waals surface area contributed by atoms with Crippen molar-refractivity contribution < 1.29 is 9.59 Å². The molecular formula is C21H15ClN4O2S2. The molecule has 150 valence electrons. The molecule has 0 bridgehead atoms. The van der Waals surface area contributed by atoms with E-state index in [9.17, 15) is 9.59 Å². The van der Waals surface area contributed by atoms with Crippen LogP contribution >= 0.6 is 34.7 Å². The van der Waals surface area contributed by atoms with Crippen LogP contribution < -0.4 is 10.9 Å². The van der Waals surface area contributed by atoms with Crippen LogP contribution in [0.2, 0.25) is 5.15 Å². The van der Waals surface area contributed by atoms with Crippen molar-refractivity contribution in [3.8, 4) is 0 Å². The van der Waals surface area contributed by atoms with E-state index in [1.165, 1.54) is 23.0 Å². The minimum atomic E-state index is -0.475. The smallest absolute Gasteiger partial charge is 0.267 e. The molecule has 0 saturated heterocycles. The molecular weight excluding hydrogens is 440 g/mol. The van der Waals surface area contributed by atoms with Crippen LogP contribution in [0.1, 0.15) is 26.3 Å². The molecule has 2 aromatic carbocycles. The maximum absolute atomic E-state index is 12.3. The summed E-state index contributed by atoms with van der Waals surface area (Å²) in [6, 6.07) is 18.2. The van der Waals surface area contributed by atoms with Crippen LogP contribution in [0.15, 0.2) is 71.2 Å². The molecule has 6 nitrogen and oxygen atoms in total. The predicted molar refractivity (Wildman–Crippen MR) is 120 cm³/mol. The van der Waals surface area contributed by atoms with Crippen molar-refractivity contribution in [3.05, 3.63) is 88.7 Å². The van der Waals surface area contributed by atoms with Crippen LogP contribution in [0.4, 0.5) is 0 Å². The van der Waals surface area contributed by atoms with Crippen LogP contribution in [-0.2, 0) is 5.75 Å². The Morgan fingerprint density at radius 2 is 1.70 bits per heavy atom. The molecule has 0 fully saturated rings. The number of fused-ring (bicyclic) bond motifs is 1. The minimum absolute atomic E-state index is 0.202. The van der Waals surface area contributed by atoms with Crippen molar-refractivity contribution in [1.29, 1.82) is 0 Å². The summed E-state index contributed by atoms with van der Waals surface area (Å²) >= 11 is 9.09. The maximum Gasteiger partial charge on any atom is 0.269 e. The summed E-state index contributed by atoms with van der Waals surface area (Å²) in [6.45, 7) is 0. The zero-order chi connectivity index (χ0) is 20.9. The van der Waals surface area contributed by atoms with Gasteiger partial charge in [0.05, 0.1) is 10.2 Å². The highest BCUT2D eigenvalue weighted by Crippen LogP contribution is 2.31. The Kier molecular flexibility index (Phi) is 6.27. The molecule has 2 N–H and O–H groups in total.